The Hall–Kier alpha value is -2.77. The minimum Gasteiger partial charge on any atom is -0.492 e. The molecule has 0 saturated heterocycles. The Kier molecular flexibility index (Phi) is 6.38. The molecule has 0 atom stereocenters. The molecule has 1 N–H and O–H groups in total. The summed E-state index contributed by atoms with van der Waals surface area (Å²) < 4.78 is 36.0. The molecular weight excluding hydrogens is 400 g/mol. The summed E-state index contributed by atoms with van der Waals surface area (Å²) in [6.07, 6.45) is 3.40. The van der Waals surface area contributed by atoms with Crippen LogP contribution in [0.4, 0.5) is 5.69 Å². The van der Waals surface area contributed by atoms with Crippen LogP contribution in [0.25, 0.3) is 0 Å². The van der Waals surface area contributed by atoms with E-state index in [2.05, 4.69) is 10.3 Å². The Balaban J connectivity index is 1.65. The summed E-state index contributed by atoms with van der Waals surface area (Å²) in [5.74, 6) is 0.679. The fourth-order valence-electron chi connectivity index (χ4n) is 2.50. The molecule has 0 saturated carbocycles. The molecule has 3 rings (SSSR count). The smallest absolute Gasteiger partial charge is 0.340 e. The van der Waals surface area contributed by atoms with Gasteiger partial charge in [0.25, 0.3) is 0 Å². The van der Waals surface area contributed by atoms with E-state index < -0.39 is 10.1 Å². The van der Waals surface area contributed by atoms with Crippen molar-refractivity contribution in [2.24, 2.45) is 0 Å². The topological polar surface area (TPSA) is 77.5 Å². The Morgan fingerprint density at radius 1 is 1.04 bits per heavy atom. The monoisotopic (exact) mass is 418 g/mol. The third-order valence-corrected chi connectivity index (χ3v) is 5.46. The van der Waals surface area contributed by atoms with Crippen molar-refractivity contribution in [1.82, 2.24) is 4.98 Å². The Bertz CT molecular complexity index is 1040. The molecule has 0 amide bonds. The summed E-state index contributed by atoms with van der Waals surface area (Å²) in [6, 6.07) is 14.8. The fourth-order valence-corrected chi connectivity index (χ4v) is 3.91. The molecule has 2 aromatic carbocycles. The molecule has 0 radical (unpaired) electrons. The van der Waals surface area contributed by atoms with Gasteiger partial charge in [-0.1, -0.05) is 23.7 Å². The molecule has 0 unspecified atom stereocenters. The van der Waals surface area contributed by atoms with E-state index in [9.17, 15) is 8.42 Å². The van der Waals surface area contributed by atoms with Crippen LogP contribution in [0.3, 0.4) is 0 Å². The highest BCUT2D eigenvalue weighted by Crippen LogP contribution is 2.28. The van der Waals surface area contributed by atoms with Crippen LogP contribution in [0, 0.1) is 6.92 Å². The Morgan fingerprint density at radius 2 is 1.75 bits per heavy atom. The molecule has 0 fully saturated rings. The molecule has 28 heavy (non-hydrogen) atoms. The molecule has 6 nitrogen and oxygen atoms in total. The van der Waals surface area contributed by atoms with E-state index in [1.807, 2.05) is 19.1 Å². The lowest BCUT2D eigenvalue weighted by atomic mass is 10.2. The zero-order valence-corrected chi connectivity index (χ0v) is 16.7. The number of hydrogen-bond acceptors (Lipinski definition) is 6. The number of ether oxygens (including phenoxy) is 1. The maximum absolute atomic E-state index is 12.5. The van der Waals surface area contributed by atoms with Crippen LogP contribution in [0.5, 0.6) is 11.5 Å². The van der Waals surface area contributed by atoms with Crippen molar-refractivity contribution < 1.29 is 17.3 Å². The van der Waals surface area contributed by atoms with Gasteiger partial charge in [0, 0.05) is 30.7 Å². The molecule has 0 spiro atoms. The SMILES string of the molecule is Cc1cc(OCCNc2ccncc2)cc(OS(=O)(=O)c2ccccc2Cl)c1. The third-order valence-electron chi connectivity index (χ3n) is 3.72. The first kappa shape index (κ1) is 20.0. The predicted octanol–water partition coefficient (Wildman–Crippen LogP) is 4.30. The largest absolute Gasteiger partial charge is 0.492 e. The summed E-state index contributed by atoms with van der Waals surface area (Å²) in [6.45, 7) is 2.80. The first-order chi connectivity index (χ1) is 13.4. The van der Waals surface area contributed by atoms with Crippen LogP contribution in [0.2, 0.25) is 5.02 Å². The number of anilines is 1. The maximum atomic E-state index is 12.5. The van der Waals surface area contributed by atoms with Gasteiger partial charge >= 0.3 is 10.1 Å². The van der Waals surface area contributed by atoms with Crippen molar-refractivity contribution in [1.29, 1.82) is 0 Å². The van der Waals surface area contributed by atoms with E-state index >= 15 is 0 Å². The fraction of sp³-hybridized carbons (Fsp3) is 0.150. The van der Waals surface area contributed by atoms with Crippen LogP contribution < -0.4 is 14.2 Å². The van der Waals surface area contributed by atoms with Crippen molar-refractivity contribution in [3.63, 3.8) is 0 Å². The predicted molar refractivity (Wildman–Crippen MR) is 109 cm³/mol. The van der Waals surface area contributed by atoms with Crippen molar-refractivity contribution in [3.05, 3.63) is 77.6 Å². The molecule has 3 aromatic rings. The lowest BCUT2D eigenvalue weighted by molar-refractivity contribution is 0.331. The summed E-state index contributed by atoms with van der Waals surface area (Å²) >= 11 is 5.98. The van der Waals surface area contributed by atoms with Crippen LogP contribution in [0.15, 0.2) is 71.9 Å². The van der Waals surface area contributed by atoms with Crippen molar-refractivity contribution in [3.8, 4) is 11.5 Å². The number of aromatic nitrogens is 1. The van der Waals surface area contributed by atoms with Gasteiger partial charge in [-0.2, -0.15) is 8.42 Å². The lowest BCUT2D eigenvalue weighted by Gasteiger charge is -2.12. The number of benzene rings is 2. The van der Waals surface area contributed by atoms with Crippen LogP contribution >= 0.6 is 11.6 Å². The van der Waals surface area contributed by atoms with E-state index in [4.69, 9.17) is 20.5 Å². The summed E-state index contributed by atoms with van der Waals surface area (Å²) in [7, 11) is -4.04. The van der Waals surface area contributed by atoms with E-state index in [-0.39, 0.29) is 15.7 Å². The first-order valence-electron chi connectivity index (χ1n) is 8.51. The normalized spacial score (nSPS) is 11.1. The van der Waals surface area contributed by atoms with Crippen molar-refractivity contribution >= 4 is 27.4 Å². The summed E-state index contributed by atoms with van der Waals surface area (Å²) in [4.78, 5) is 3.87. The van der Waals surface area contributed by atoms with Gasteiger partial charge in [0.15, 0.2) is 0 Å². The van der Waals surface area contributed by atoms with E-state index in [0.29, 0.717) is 18.9 Å². The highest BCUT2D eigenvalue weighted by atomic mass is 35.5. The third kappa shape index (κ3) is 5.37. The molecule has 0 aliphatic heterocycles. The number of nitrogens with zero attached hydrogens (tertiary/aromatic N) is 1. The lowest BCUT2D eigenvalue weighted by Crippen LogP contribution is -2.12. The van der Waals surface area contributed by atoms with E-state index in [0.717, 1.165) is 11.3 Å². The second-order valence-corrected chi connectivity index (χ2v) is 7.88. The zero-order valence-electron chi connectivity index (χ0n) is 15.1. The van der Waals surface area contributed by atoms with Gasteiger partial charge in [0.1, 0.15) is 23.0 Å². The van der Waals surface area contributed by atoms with Crippen molar-refractivity contribution in [2.75, 3.05) is 18.5 Å². The van der Waals surface area contributed by atoms with Gasteiger partial charge < -0.3 is 14.2 Å². The van der Waals surface area contributed by atoms with Crippen molar-refractivity contribution in [2.45, 2.75) is 11.8 Å². The highest BCUT2D eigenvalue weighted by Gasteiger charge is 2.20. The molecule has 0 bridgehead atoms. The second-order valence-electron chi connectivity index (χ2n) is 5.96. The van der Waals surface area contributed by atoms with E-state index in [1.54, 1.807) is 36.7 Å². The molecule has 146 valence electrons. The Labute approximate surface area is 169 Å². The number of nitrogens with one attached hydrogen (secondary N) is 1. The highest BCUT2D eigenvalue weighted by molar-refractivity contribution is 7.87. The molecule has 8 heteroatoms. The Morgan fingerprint density at radius 3 is 2.50 bits per heavy atom. The second kappa shape index (κ2) is 8.95. The minimum atomic E-state index is -4.04. The van der Waals surface area contributed by atoms with Crippen LogP contribution in [-0.2, 0) is 10.1 Å². The molecule has 0 aliphatic carbocycles. The van der Waals surface area contributed by atoms with Gasteiger partial charge in [-0.05, 0) is 48.9 Å². The minimum absolute atomic E-state index is 0.0813. The average Bonchev–Trinajstić information content (AvgIpc) is 2.65. The van der Waals surface area contributed by atoms with E-state index in [1.165, 1.54) is 18.2 Å². The molecule has 0 aliphatic rings. The summed E-state index contributed by atoms with van der Waals surface area (Å²) in [5, 5.41) is 3.31. The van der Waals surface area contributed by atoms with Crippen LogP contribution in [-0.4, -0.2) is 26.6 Å². The number of rotatable bonds is 8. The zero-order chi connectivity index (χ0) is 20.0. The summed E-state index contributed by atoms with van der Waals surface area (Å²) in [5.41, 5.74) is 1.75. The van der Waals surface area contributed by atoms with Gasteiger partial charge in [0.05, 0.1) is 5.02 Å². The average molecular weight is 419 g/mol. The number of pyridine rings is 1. The first-order valence-corrected chi connectivity index (χ1v) is 10.3. The number of aryl methyl sites for hydroxylation is 1. The maximum Gasteiger partial charge on any atom is 0.340 e. The van der Waals surface area contributed by atoms with Gasteiger partial charge in [0.2, 0.25) is 0 Å². The van der Waals surface area contributed by atoms with Gasteiger partial charge in [-0.25, -0.2) is 0 Å². The van der Waals surface area contributed by atoms with Crippen LogP contribution in [0.1, 0.15) is 5.56 Å². The standard InChI is InChI=1S/C20H19ClN2O4S/c1-15-12-17(26-11-10-23-16-6-8-22-9-7-16)14-18(13-15)27-28(24,25)20-5-3-2-4-19(20)21/h2-9,12-14H,10-11H2,1H3,(H,22,23). The molecule has 1 heterocycles. The van der Waals surface area contributed by atoms with Gasteiger partial charge in [-0.3, -0.25) is 4.98 Å². The number of halogens is 1. The van der Waals surface area contributed by atoms with Gasteiger partial charge in [-0.15, -0.1) is 0 Å². The molecular formula is C20H19ClN2O4S. The molecule has 1 aromatic heterocycles. The number of hydrogen-bond donors (Lipinski definition) is 1. The quantitative estimate of drug-likeness (QED) is 0.434.